The van der Waals surface area contributed by atoms with Crippen molar-refractivity contribution in [2.45, 2.75) is 33.2 Å². The molecule has 0 unspecified atom stereocenters. The Bertz CT molecular complexity index is 528. The lowest BCUT2D eigenvalue weighted by Crippen LogP contribution is -2.44. The molecular formula is C15H23N3O3S. The van der Waals surface area contributed by atoms with Gasteiger partial charge in [0.15, 0.2) is 0 Å². The number of carbonyl (C=O) groups is 1. The highest BCUT2D eigenvalue weighted by Gasteiger charge is 2.28. The van der Waals surface area contributed by atoms with Crippen LogP contribution in [0.4, 0.5) is 5.00 Å². The molecule has 1 saturated heterocycles. The van der Waals surface area contributed by atoms with E-state index in [-0.39, 0.29) is 21.7 Å². The Morgan fingerprint density at radius 1 is 1.45 bits per heavy atom. The van der Waals surface area contributed by atoms with E-state index in [1.165, 1.54) is 11.3 Å². The van der Waals surface area contributed by atoms with E-state index in [4.69, 9.17) is 0 Å². The summed E-state index contributed by atoms with van der Waals surface area (Å²) in [4.78, 5) is 28.0. The summed E-state index contributed by atoms with van der Waals surface area (Å²) in [6, 6.07) is 3.38. The molecule has 2 heterocycles. The van der Waals surface area contributed by atoms with Crippen LogP contribution in [0.15, 0.2) is 12.1 Å². The fourth-order valence-electron chi connectivity index (χ4n) is 2.96. The number of amides is 1. The van der Waals surface area contributed by atoms with Crippen molar-refractivity contribution in [2.75, 3.05) is 26.2 Å². The summed E-state index contributed by atoms with van der Waals surface area (Å²) in [6.07, 6.45) is 1.95. The molecule has 0 spiro atoms. The van der Waals surface area contributed by atoms with Gasteiger partial charge in [0.2, 0.25) is 5.91 Å². The third kappa shape index (κ3) is 4.04. The fourth-order valence-corrected chi connectivity index (χ4v) is 3.83. The molecule has 6 nitrogen and oxygen atoms in total. The first-order valence-corrected chi connectivity index (χ1v) is 8.61. The first-order chi connectivity index (χ1) is 10.5. The maximum atomic E-state index is 12.5. The van der Waals surface area contributed by atoms with Crippen LogP contribution in [0.1, 0.15) is 31.6 Å². The zero-order valence-electron chi connectivity index (χ0n) is 13.2. The number of rotatable bonds is 6. The first-order valence-electron chi connectivity index (χ1n) is 7.79. The highest BCUT2D eigenvalue weighted by molar-refractivity contribution is 7.15. The van der Waals surface area contributed by atoms with Gasteiger partial charge in [0, 0.05) is 37.1 Å². The van der Waals surface area contributed by atoms with Crippen molar-refractivity contribution in [3.8, 4) is 0 Å². The Balaban J connectivity index is 1.95. The molecule has 1 amide bonds. The van der Waals surface area contributed by atoms with Crippen molar-refractivity contribution >= 4 is 22.2 Å². The summed E-state index contributed by atoms with van der Waals surface area (Å²) in [6.45, 7) is 7.92. The number of piperidine rings is 1. The van der Waals surface area contributed by atoms with Crippen LogP contribution in [0.5, 0.6) is 0 Å². The molecule has 122 valence electrons. The van der Waals surface area contributed by atoms with E-state index in [1.54, 1.807) is 6.07 Å². The standard InChI is InChI=1S/C15H23N3O3S/c1-3-17(4-2)15(19)12-6-5-9-16(10-12)11-13-7-8-14(22-13)18(20)21/h7-8,12H,3-6,9-11H2,1-2H3/t12-/m1/s1. The van der Waals surface area contributed by atoms with Crippen molar-refractivity contribution in [1.82, 2.24) is 9.80 Å². The van der Waals surface area contributed by atoms with Gasteiger partial charge in [0.05, 0.1) is 10.8 Å². The minimum atomic E-state index is -0.350. The average molecular weight is 325 g/mol. The van der Waals surface area contributed by atoms with E-state index >= 15 is 0 Å². The summed E-state index contributed by atoms with van der Waals surface area (Å²) in [5.41, 5.74) is 0. The van der Waals surface area contributed by atoms with Crippen LogP contribution in [0.3, 0.4) is 0 Å². The van der Waals surface area contributed by atoms with Crippen molar-refractivity contribution in [2.24, 2.45) is 5.92 Å². The largest absolute Gasteiger partial charge is 0.343 e. The Labute approximate surface area is 134 Å². The van der Waals surface area contributed by atoms with Crippen LogP contribution in [0.25, 0.3) is 0 Å². The van der Waals surface area contributed by atoms with Gasteiger partial charge in [-0.3, -0.25) is 19.8 Å². The van der Waals surface area contributed by atoms with E-state index < -0.39 is 0 Å². The van der Waals surface area contributed by atoms with Crippen molar-refractivity contribution in [3.63, 3.8) is 0 Å². The topological polar surface area (TPSA) is 66.7 Å². The van der Waals surface area contributed by atoms with Crippen LogP contribution in [0, 0.1) is 16.0 Å². The van der Waals surface area contributed by atoms with Crippen LogP contribution in [0.2, 0.25) is 0 Å². The number of nitrogens with zero attached hydrogens (tertiary/aromatic N) is 3. The lowest BCUT2D eigenvalue weighted by Gasteiger charge is -2.34. The normalized spacial score (nSPS) is 19.1. The summed E-state index contributed by atoms with van der Waals surface area (Å²) in [7, 11) is 0. The number of carbonyl (C=O) groups excluding carboxylic acids is 1. The van der Waals surface area contributed by atoms with Crippen LogP contribution < -0.4 is 0 Å². The second kappa shape index (κ2) is 7.69. The van der Waals surface area contributed by atoms with Crippen LogP contribution in [-0.2, 0) is 11.3 Å². The molecule has 7 heteroatoms. The average Bonchev–Trinajstić information content (AvgIpc) is 2.97. The van der Waals surface area contributed by atoms with E-state index in [2.05, 4.69) is 4.90 Å². The van der Waals surface area contributed by atoms with Crippen LogP contribution >= 0.6 is 11.3 Å². The number of hydrogen-bond donors (Lipinski definition) is 0. The minimum absolute atomic E-state index is 0.0589. The van der Waals surface area contributed by atoms with Gasteiger partial charge >= 0.3 is 5.00 Å². The minimum Gasteiger partial charge on any atom is -0.343 e. The summed E-state index contributed by atoms with van der Waals surface area (Å²) >= 11 is 1.22. The molecule has 1 aromatic rings. The summed E-state index contributed by atoms with van der Waals surface area (Å²) in [5, 5.41) is 10.9. The Kier molecular flexibility index (Phi) is 5.90. The summed E-state index contributed by atoms with van der Waals surface area (Å²) in [5.74, 6) is 0.301. The number of likely N-dealkylation sites (tertiary alicyclic amines) is 1. The van der Waals surface area contributed by atoms with Crippen LogP contribution in [-0.4, -0.2) is 46.8 Å². The molecule has 1 atom stereocenters. The maximum absolute atomic E-state index is 12.5. The Morgan fingerprint density at radius 3 is 2.77 bits per heavy atom. The Morgan fingerprint density at radius 2 is 2.18 bits per heavy atom. The van der Waals surface area contributed by atoms with Gasteiger partial charge in [-0.15, -0.1) is 0 Å². The molecule has 0 bridgehead atoms. The quantitative estimate of drug-likeness (QED) is 0.596. The highest BCUT2D eigenvalue weighted by Crippen LogP contribution is 2.27. The van der Waals surface area contributed by atoms with Crippen molar-refractivity contribution < 1.29 is 9.72 Å². The Hall–Kier alpha value is -1.47. The molecule has 1 aliphatic rings. The first kappa shape index (κ1) is 16.9. The van der Waals surface area contributed by atoms with Gasteiger partial charge in [0.25, 0.3) is 0 Å². The number of hydrogen-bond acceptors (Lipinski definition) is 5. The fraction of sp³-hybridized carbons (Fsp3) is 0.667. The molecule has 0 radical (unpaired) electrons. The molecule has 1 fully saturated rings. The molecule has 0 aromatic carbocycles. The van der Waals surface area contributed by atoms with Gasteiger partial charge in [-0.25, -0.2) is 0 Å². The third-order valence-corrected chi connectivity index (χ3v) is 5.16. The smallest absolute Gasteiger partial charge is 0.324 e. The predicted octanol–water partition coefficient (Wildman–Crippen LogP) is 2.74. The second-order valence-electron chi connectivity index (χ2n) is 5.58. The lowest BCUT2D eigenvalue weighted by atomic mass is 9.96. The maximum Gasteiger partial charge on any atom is 0.324 e. The number of nitro groups is 1. The second-order valence-corrected chi connectivity index (χ2v) is 6.73. The molecule has 0 N–H and O–H groups in total. The predicted molar refractivity (Wildman–Crippen MR) is 86.9 cm³/mol. The molecule has 1 aromatic heterocycles. The SMILES string of the molecule is CCN(CC)C(=O)[C@@H]1CCCN(Cc2ccc([N+](=O)[O-])s2)C1. The van der Waals surface area contributed by atoms with Gasteiger partial charge < -0.3 is 4.90 Å². The molecule has 2 rings (SSSR count). The molecule has 0 aliphatic carbocycles. The van der Waals surface area contributed by atoms with E-state index in [9.17, 15) is 14.9 Å². The molecule has 0 saturated carbocycles. The van der Waals surface area contributed by atoms with E-state index in [0.717, 1.165) is 43.9 Å². The van der Waals surface area contributed by atoms with E-state index in [1.807, 2.05) is 24.8 Å². The molecule has 1 aliphatic heterocycles. The monoisotopic (exact) mass is 325 g/mol. The molecular weight excluding hydrogens is 302 g/mol. The van der Waals surface area contributed by atoms with E-state index in [0.29, 0.717) is 6.54 Å². The van der Waals surface area contributed by atoms with Gasteiger partial charge in [-0.05, 0) is 39.3 Å². The number of thiophene rings is 1. The molecule has 22 heavy (non-hydrogen) atoms. The zero-order valence-corrected chi connectivity index (χ0v) is 14.0. The van der Waals surface area contributed by atoms with Gasteiger partial charge in [0.1, 0.15) is 0 Å². The van der Waals surface area contributed by atoms with Gasteiger partial charge in [-0.2, -0.15) is 0 Å². The lowest BCUT2D eigenvalue weighted by molar-refractivity contribution is -0.380. The summed E-state index contributed by atoms with van der Waals surface area (Å²) < 4.78 is 0. The van der Waals surface area contributed by atoms with Crippen molar-refractivity contribution in [1.29, 1.82) is 0 Å². The highest BCUT2D eigenvalue weighted by atomic mass is 32.1. The van der Waals surface area contributed by atoms with Gasteiger partial charge in [-0.1, -0.05) is 11.3 Å². The van der Waals surface area contributed by atoms with Crippen molar-refractivity contribution in [3.05, 3.63) is 27.1 Å². The zero-order chi connectivity index (χ0) is 16.1. The third-order valence-electron chi connectivity index (χ3n) is 4.14.